The molecule has 1 heterocycles. The highest BCUT2D eigenvalue weighted by atomic mass is 16.3. The van der Waals surface area contributed by atoms with Gasteiger partial charge in [0.1, 0.15) is 0 Å². The molecule has 1 rings (SSSR count). The molecular formula is C13H24N2O3. The zero-order valence-electron chi connectivity index (χ0n) is 11.6. The van der Waals surface area contributed by atoms with Crippen LogP contribution in [0, 0.1) is 5.92 Å². The molecule has 2 N–H and O–H groups in total. The van der Waals surface area contributed by atoms with Gasteiger partial charge in [-0.15, -0.1) is 0 Å². The fourth-order valence-corrected chi connectivity index (χ4v) is 2.37. The summed E-state index contributed by atoms with van der Waals surface area (Å²) in [5, 5.41) is 12.4. The number of aliphatic hydroxyl groups excluding tert-OH is 1. The predicted molar refractivity (Wildman–Crippen MR) is 68.9 cm³/mol. The van der Waals surface area contributed by atoms with Crippen LogP contribution in [0.2, 0.25) is 0 Å². The molecule has 5 heteroatoms. The van der Waals surface area contributed by atoms with Crippen LogP contribution in [0.5, 0.6) is 0 Å². The van der Waals surface area contributed by atoms with E-state index in [-0.39, 0.29) is 36.9 Å². The van der Waals surface area contributed by atoms with E-state index in [1.807, 2.05) is 13.8 Å². The SMILES string of the molecule is CC(C)CC(CO)NC1CC(=O)N(C(C)C)C1=O. The van der Waals surface area contributed by atoms with Crippen molar-refractivity contribution in [2.45, 2.75) is 58.7 Å². The quantitative estimate of drug-likeness (QED) is 0.680. The van der Waals surface area contributed by atoms with E-state index >= 15 is 0 Å². The van der Waals surface area contributed by atoms with E-state index in [4.69, 9.17) is 0 Å². The molecule has 2 amide bonds. The lowest BCUT2D eigenvalue weighted by atomic mass is 10.0. The molecule has 0 aromatic heterocycles. The molecule has 1 aliphatic heterocycles. The highest BCUT2D eigenvalue weighted by molar-refractivity contribution is 6.05. The number of aliphatic hydroxyl groups is 1. The molecule has 2 unspecified atom stereocenters. The van der Waals surface area contributed by atoms with Gasteiger partial charge < -0.3 is 10.4 Å². The number of nitrogens with one attached hydrogen (secondary N) is 1. The zero-order chi connectivity index (χ0) is 13.9. The fourth-order valence-electron chi connectivity index (χ4n) is 2.37. The molecule has 1 aliphatic rings. The minimum absolute atomic E-state index is 0.0160. The molecule has 104 valence electrons. The van der Waals surface area contributed by atoms with Crippen LogP contribution >= 0.6 is 0 Å². The van der Waals surface area contributed by atoms with Crippen LogP contribution in [-0.2, 0) is 9.59 Å². The Bertz CT molecular complexity index is 315. The lowest BCUT2D eigenvalue weighted by Gasteiger charge is -2.23. The van der Waals surface area contributed by atoms with Crippen molar-refractivity contribution in [1.29, 1.82) is 0 Å². The van der Waals surface area contributed by atoms with Gasteiger partial charge in [0.15, 0.2) is 0 Å². The van der Waals surface area contributed by atoms with Crippen LogP contribution in [0.25, 0.3) is 0 Å². The summed E-state index contributed by atoms with van der Waals surface area (Å²) in [6.07, 6.45) is 0.988. The second-order valence-corrected chi connectivity index (χ2v) is 5.63. The number of hydrogen-bond donors (Lipinski definition) is 2. The first-order valence-corrected chi connectivity index (χ1v) is 6.59. The number of imide groups is 1. The minimum atomic E-state index is -0.476. The molecule has 1 saturated heterocycles. The van der Waals surface area contributed by atoms with Gasteiger partial charge in [-0.1, -0.05) is 13.8 Å². The largest absolute Gasteiger partial charge is 0.395 e. The maximum Gasteiger partial charge on any atom is 0.247 e. The Morgan fingerprint density at radius 1 is 1.33 bits per heavy atom. The van der Waals surface area contributed by atoms with Crippen molar-refractivity contribution in [3.8, 4) is 0 Å². The van der Waals surface area contributed by atoms with Gasteiger partial charge in [0, 0.05) is 12.1 Å². The van der Waals surface area contributed by atoms with Crippen molar-refractivity contribution >= 4 is 11.8 Å². The van der Waals surface area contributed by atoms with Gasteiger partial charge >= 0.3 is 0 Å². The van der Waals surface area contributed by atoms with Crippen molar-refractivity contribution < 1.29 is 14.7 Å². The van der Waals surface area contributed by atoms with E-state index in [1.54, 1.807) is 0 Å². The van der Waals surface area contributed by atoms with Gasteiger partial charge in [-0.2, -0.15) is 0 Å². The molecular weight excluding hydrogens is 232 g/mol. The van der Waals surface area contributed by atoms with E-state index in [0.717, 1.165) is 6.42 Å². The lowest BCUT2D eigenvalue weighted by Crippen LogP contribution is -2.47. The van der Waals surface area contributed by atoms with Crippen LogP contribution in [0.3, 0.4) is 0 Å². The molecule has 0 bridgehead atoms. The summed E-state index contributed by atoms with van der Waals surface area (Å²) in [5.41, 5.74) is 0. The maximum absolute atomic E-state index is 12.1. The Hall–Kier alpha value is -0.940. The summed E-state index contributed by atoms with van der Waals surface area (Å²) in [7, 11) is 0. The van der Waals surface area contributed by atoms with Gasteiger partial charge in [-0.05, 0) is 26.2 Å². The van der Waals surface area contributed by atoms with Crippen molar-refractivity contribution in [2.24, 2.45) is 5.92 Å². The molecule has 0 spiro atoms. The second kappa shape index (κ2) is 6.29. The molecule has 5 nitrogen and oxygen atoms in total. The first-order chi connectivity index (χ1) is 8.36. The fraction of sp³-hybridized carbons (Fsp3) is 0.846. The smallest absolute Gasteiger partial charge is 0.247 e. The van der Waals surface area contributed by atoms with E-state index in [9.17, 15) is 14.7 Å². The van der Waals surface area contributed by atoms with Crippen LogP contribution in [0.1, 0.15) is 40.5 Å². The number of carbonyl (C=O) groups excluding carboxylic acids is 2. The summed E-state index contributed by atoms with van der Waals surface area (Å²) in [4.78, 5) is 25.1. The molecule has 0 saturated carbocycles. The number of nitrogens with zero attached hydrogens (tertiary/aromatic N) is 1. The molecule has 0 aromatic carbocycles. The monoisotopic (exact) mass is 256 g/mol. The normalized spacial score (nSPS) is 22.4. The molecule has 18 heavy (non-hydrogen) atoms. The van der Waals surface area contributed by atoms with Crippen LogP contribution < -0.4 is 5.32 Å². The standard InChI is InChI=1S/C13H24N2O3/c1-8(2)5-10(7-16)14-11-6-12(17)15(9(3)4)13(11)18/h8-11,14,16H,5-7H2,1-4H3. The second-order valence-electron chi connectivity index (χ2n) is 5.63. The zero-order valence-corrected chi connectivity index (χ0v) is 11.6. The van der Waals surface area contributed by atoms with Crippen molar-refractivity contribution in [2.75, 3.05) is 6.61 Å². The lowest BCUT2D eigenvalue weighted by molar-refractivity contribution is -0.140. The van der Waals surface area contributed by atoms with Crippen LogP contribution in [0.4, 0.5) is 0 Å². The van der Waals surface area contributed by atoms with Crippen molar-refractivity contribution in [1.82, 2.24) is 10.2 Å². The Morgan fingerprint density at radius 2 is 1.94 bits per heavy atom. The highest BCUT2D eigenvalue weighted by Crippen LogP contribution is 2.17. The van der Waals surface area contributed by atoms with Crippen molar-refractivity contribution in [3.05, 3.63) is 0 Å². The van der Waals surface area contributed by atoms with Crippen LogP contribution in [0.15, 0.2) is 0 Å². The van der Waals surface area contributed by atoms with E-state index < -0.39 is 6.04 Å². The minimum Gasteiger partial charge on any atom is -0.395 e. The van der Waals surface area contributed by atoms with Gasteiger partial charge in [0.25, 0.3) is 0 Å². The molecule has 0 radical (unpaired) electrons. The first kappa shape index (κ1) is 15.1. The number of likely N-dealkylation sites (tertiary alicyclic amines) is 1. The maximum atomic E-state index is 12.1. The third-order valence-corrected chi connectivity index (χ3v) is 3.11. The Labute approximate surface area is 109 Å². The Balaban J connectivity index is 2.63. The average molecular weight is 256 g/mol. The third-order valence-electron chi connectivity index (χ3n) is 3.11. The summed E-state index contributed by atoms with van der Waals surface area (Å²) in [6.45, 7) is 7.77. The third kappa shape index (κ3) is 3.53. The van der Waals surface area contributed by atoms with E-state index in [1.165, 1.54) is 4.90 Å². The molecule has 0 aliphatic carbocycles. The molecule has 0 aromatic rings. The number of hydrogen-bond acceptors (Lipinski definition) is 4. The van der Waals surface area contributed by atoms with Gasteiger partial charge in [-0.25, -0.2) is 0 Å². The number of rotatable bonds is 6. The summed E-state index contributed by atoms with van der Waals surface area (Å²) < 4.78 is 0. The number of amides is 2. The predicted octanol–water partition coefficient (Wildman–Crippen LogP) is 0.519. The van der Waals surface area contributed by atoms with Crippen molar-refractivity contribution in [3.63, 3.8) is 0 Å². The van der Waals surface area contributed by atoms with Gasteiger partial charge in [-0.3, -0.25) is 14.5 Å². The molecule has 1 fully saturated rings. The average Bonchev–Trinajstić information content (AvgIpc) is 2.52. The highest BCUT2D eigenvalue weighted by Gasteiger charge is 2.40. The van der Waals surface area contributed by atoms with Crippen LogP contribution in [-0.4, -0.2) is 46.6 Å². The van der Waals surface area contributed by atoms with E-state index in [0.29, 0.717) is 5.92 Å². The Morgan fingerprint density at radius 3 is 2.33 bits per heavy atom. The molecule has 2 atom stereocenters. The topological polar surface area (TPSA) is 69.6 Å². The van der Waals surface area contributed by atoms with Gasteiger partial charge in [0.05, 0.1) is 19.1 Å². The first-order valence-electron chi connectivity index (χ1n) is 6.59. The summed E-state index contributed by atoms with van der Waals surface area (Å²) in [6, 6.07) is -0.705. The number of carbonyl (C=O) groups is 2. The summed E-state index contributed by atoms with van der Waals surface area (Å²) in [5.74, 6) is 0.133. The summed E-state index contributed by atoms with van der Waals surface area (Å²) >= 11 is 0. The van der Waals surface area contributed by atoms with E-state index in [2.05, 4.69) is 19.2 Å². The van der Waals surface area contributed by atoms with Gasteiger partial charge in [0.2, 0.25) is 11.8 Å². The Kier molecular flexibility index (Phi) is 5.28.